The maximum atomic E-state index is 5.59. The molecule has 2 aliphatic rings. The highest BCUT2D eigenvalue weighted by Crippen LogP contribution is 2.37. The summed E-state index contributed by atoms with van der Waals surface area (Å²) in [6.07, 6.45) is 4.92. The van der Waals surface area contributed by atoms with Crippen LogP contribution >= 0.6 is 0 Å². The van der Waals surface area contributed by atoms with Crippen LogP contribution in [0.5, 0.6) is 5.75 Å². The number of benzene rings is 2. The fraction of sp³-hybridized carbons (Fsp3) is 0.350. The minimum Gasteiger partial charge on any atom is -0.490 e. The van der Waals surface area contributed by atoms with Crippen LogP contribution in [-0.4, -0.2) is 37.7 Å². The Balaban J connectivity index is 1.89. The van der Waals surface area contributed by atoms with Crippen molar-refractivity contribution >= 4 is 17.6 Å². The van der Waals surface area contributed by atoms with Gasteiger partial charge in [0.25, 0.3) is 12.4 Å². The quantitative estimate of drug-likeness (QED) is 0.606. The number of fused-ring (bicyclic) bond motifs is 2. The predicted octanol–water partition coefficient (Wildman–Crippen LogP) is 3.84. The van der Waals surface area contributed by atoms with Gasteiger partial charge in [-0.2, -0.15) is 0 Å². The summed E-state index contributed by atoms with van der Waals surface area (Å²) in [6, 6.07) is 15.2. The summed E-state index contributed by atoms with van der Waals surface area (Å²) in [5, 5.41) is 0. The second-order valence-corrected chi connectivity index (χ2v) is 6.77. The van der Waals surface area contributed by atoms with Crippen LogP contribution in [0.25, 0.3) is 0 Å². The van der Waals surface area contributed by atoms with E-state index in [9.17, 15) is 0 Å². The number of nitrogens with zero attached hydrogens (tertiary/aromatic N) is 2. The van der Waals surface area contributed by atoms with Crippen molar-refractivity contribution < 1.29 is 9.31 Å². The SMILES string of the molecule is COc1ccccc1[N+]1=Cc2cc(C)ccc2[N+]2(CCCC2)C1. The van der Waals surface area contributed by atoms with Crippen LogP contribution in [0, 0.1) is 6.92 Å². The lowest BCUT2D eigenvalue weighted by Gasteiger charge is -2.34. The summed E-state index contributed by atoms with van der Waals surface area (Å²) >= 11 is 0. The molecular weight excluding hydrogens is 284 g/mol. The zero-order chi connectivity index (χ0) is 15.9. The molecule has 0 amide bonds. The summed E-state index contributed by atoms with van der Waals surface area (Å²) in [5.41, 5.74) is 5.31. The van der Waals surface area contributed by atoms with Crippen LogP contribution < -0.4 is 9.22 Å². The van der Waals surface area contributed by atoms with E-state index in [1.54, 1.807) is 7.11 Å². The van der Waals surface area contributed by atoms with Crippen LogP contribution in [0.3, 0.4) is 0 Å². The van der Waals surface area contributed by atoms with Gasteiger partial charge < -0.3 is 4.74 Å². The lowest BCUT2D eigenvalue weighted by molar-refractivity contribution is -0.461. The lowest BCUT2D eigenvalue weighted by Crippen LogP contribution is -2.53. The Morgan fingerprint density at radius 2 is 1.83 bits per heavy atom. The van der Waals surface area contributed by atoms with Crippen LogP contribution in [0.15, 0.2) is 42.5 Å². The van der Waals surface area contributed by atoms with E-state index in [4.69, 9.17) is 4.74 Å². The number of para-hydroxylation sites is 2. The predicted molar refractivity (Wildman–Crippen MR) is 94.9 cm³/mol. The third-order valence-corrected chi connectivity index (χ3v) is 5.23. The van der Waals surface area contributed by atoms with Gasteiger partial charge in [-0.1, -0.05) is 18.2 Å². The monoisotopic (exact) mass is 308 g/mol. The normalized spacial score (nSPS) is 18.6. The Bertz CT molecular complexity index is 773. The smallest absolute Gasteiger partial charge is 0.281 e. The molecule has 0 aliphatic carbocycles. The van der Waals surface area contributed by atoms with E-state index in [0.29, 0.717) is 0 Å². The zero-order valence-corrected chi connectivity index (χ0v) is 14.0. The van der Waals surface area contributed by atoms with E-state index in [1.807, 2.05) is 12.1 Å². The number of rotatable bonds is 2. The van der Waals surface area contributed by atoms with Crippen molar-refractivity contribution in [2.45, 2.75) is 19.8 Å². The van der Waals surface area contributed by atoms with E-state index >= 15 is 0 Å². The molecule has 0 radical (unpaired) electrons. The maximum absolute atomic E-state index is 5.59. The molecule has 2 heterocycles. The van der Waals surface area contributed by atoms with Gasteiger partial charge in [-0.25, -0.2) is 4.48 Å². The maximum Gasteiger partial charge on any atom is 0.281 e. The second-order valence-electron chi connectivity index (χ2n) is 6.77. The molecular formula is C20H24N2O+2. The molecule has 2 aromatic carbocycles. The Morgan fingerprint density at radius 3 is 2.61 bits per heavy atom. The van der Waals surface area contributed by atoms with Crippen LogP contribution in [0.1, 0.15) is 24.0 Å². The number of hydrogen-bond donors (Lipinski definition) is 0. The van der Waals surface area contributed by atoms with Crippen LogP contribution in [0.4, 0.5) is 11.4 Å². The number of quaternary nitrogens is 1. The molecule has 2 aliphatic heterocycles. The summed E-state index contributed by atoms with van der Waals surface area (Å²) in [7, 11) is 1.75. The average molecular weight is 308 g/mol. The van der Waals surface area contributed by atoms with Crippen molar-refractivity contribution in [3.05, 3.63) is 53.6 Å². The number of aryl methyl sites for hydroxylation is 1. The first-order chi connectivity index (χ1) is 11.2. The first-order valence-corrected chi connectivity index (χ1v) is 8.44. The van der Waals surface area contributed by atoms with Gasteiger partial charge in [0.15, 0.2) is 17.7 Å². The molecule has 118 valence electrons. The largest absolute Gasteiger partial charge is 0.490 e. The van der Waals surface area contributed by atoms with Crippen molar-refractivity contribution in [1.82, 2.24) is 4.48 Å². The third-order valence-electron chi connectivity index (χ3n) is 5.23. The second kappa shape index (κ2) is 5.50. The number of ether oxygens (including phenoxy) is 1. The molecule has 1 fully saturated rings. The Morgan fingerprint density at radius 1 is 1.04 bits per heavy atom. The van der Waals surface area contributed by atoms with E-state index in [-0.39, 0.29) is 0 Å². The van der Waals surface area contributed by atoms with Crippen molar-refractivity contribution in [3.63, 3.8) is 0 Å². The highest BCUT2D eigenvalue weighted by molar-refractivity contribution is 5.86. The van der Waals surface area contributed by atoms with Gasteiger partial charge >= 0.3 is 0 Å². The molecule has 0 unspecified atom stereocenters. The van der Waals surface area contributed by atoms with Crippen molar-refractivity contribution in [3.8, 4) is 5.75 Å². The van der Waals surface area contributed by atoms with Gasteiger partial charge in [0.2, 0.25) is 0 Å². The molecule has 0 N–H and O–H groups in total. The minimum atomic E-state index is 0.942. The highest BCUT2D eigenvalue weighted by Gasteiger charge is 2.44. The lowest BCUT2D eigenvalue weighted by atomic mass is 10.1. The molecule has 1 saturated heterocycles. The van der Waals surface area contributed by atoms with Crippen molar-refractivity contribution in [2.24, 2.45) is 0 Å². The molecule has 0 saturated carbocycles. The molecule has 0 atom stereocenters. The average Bonchev–Trinajstić information content (AvgIpc) is 3.03. The van der Waals surface area contributed by atoms with E-state index < -0.39 is 0 Å². The minimum absolute atomic E-state index is 0.942. The molecule has 3 heteroatoms. The Labute approximate surface area is 138 Å². The molecule has 2 aromatic rings. The van der Waals surface area contributed by atoms with Crippen LogP contribution in [-0.2, 0) is 0 Å². The summed E-state index contributed by atoms with van der Waals surface area (Å²) in [6.45, 7) is 5.63. The number of hydrogen-bond acceptors (Lipinski definition) is 1. The van der Waals surface area contributed by atoms with Gasteiger partial charge in [0.1, 0.15) is 0 Å². The molecule has 0 bridgehead atoms. The topological polar surface area (TPSA) is 12.2 Å². The summed E-state index contributed by atoms with van der Waals surface area (Å²) < 4.78 is 9.05. The molecule has 1 spiro atoms. The van der Waals surface area contributed by atoms with Crippen LogP contribution in [0.2, 0.25) is 0 Å². The summed E-state index contributed by atoms with van der Waals surface area (Å²) in [5.74, 6) is 0.942. The fourth-order valence-corrected chi connectivity index (χ4v) is 4.12. The van der Waals surface area contributed by atoms with Crippen molar-refractivity contribution in [2.75, 3.05) is 26.9 Å². The van der Waals surface area contributed by atoms with E-state index in [1.165, 1.54) is 42.7 Å². The zero-order valence-electron chi connectivity index (χ0n) is 14.0. The highest BCUT2D eigenvalue weighted by atomic mass is 16.5. The molecule has 0 aromatic heterocycles. The molecule has 4 rings (SSSR count). The molecule has 3 nitrogen and oxygen atoms in total. The van der Waals surface area contributed by atoms with Gasteiger partial charge in [-0.15, -0.1) is 4.58 Å². The van der Waals surface area contributed by atoms with E-state index in [0.717, 1.165) is 22.6 Å². The van der Waals surface area contributed by atoms with Gasteiger partial charge in [-0.05, 0) is 24.6 Å². The van der Waals surface area contributed by atoms with Crippen molar-refractivity contribution in [1.29, 1.82) is 0 Å². The standard InChI is InChI=1S/C20H24N2O/c1-16-9-10-19-17(13-16)14-21(15-22(19)11-5-6-12-22)18-7-3-4-8-20(18)23-2/h3-4,7-10,13-14H,5-6,11-12,15H2,1-2H3/q+2. The molecule has 23 heavy (non-hydrogen) atoms. The van der Waals surface area contributed by atoms with Gasteiger partial charge in [-0.3, -0.25) is 0 Å². The first-order valence-electron chi connectivity index (χ1n) is 8.44. The van der Waals surface area contributed by atoms with Gasteiger partial charge in [0.05, 0.1) is 25.8 Å². The first kappa shape index (κ1) is 14.5. The van der Waals surface area contributed by atoms with E-state index in [2.05, 4.69) is 48.0 Å². The summed E-state index contributed by atoms with van der Waals surface area (Å²) in [4.78, 5) is 0. The number of methoxy groups -OCH3 is 1. The Kier molecular flexibility index (Phi) is 3.46. The fourth-order valence-electron chi connectivity index (χ4n) is 4.12. The van der Waals surface area contributed by atoms with Gasteiger partial charge in [0, 0.05) is 25.0 Å². The third kappa shape index (κ3) is 2.36. The Hall–Kier alpha value is -2.13.